The van der Waals surface area contributed by atoms with E-state index in [9.17, 15) is 22.4 Å². The third kappa shape index (κ3) is 3.98. The van der Waals surface area contributed by atoms with Crippen molar-refractivity contribution in [2.75, 3.05) is 16.2 Å². The van der Waals surface area contributed by atoms with E-state index >= 15 is 0 Å². The zero-order chi connectivity index (χ0) is 20.5. The number of ether oxygens (including phenoxy) is 1. The van der Waals surface area contributed by atoms with Gasteiger partial charge in [0.2, 0.25) is 5.91 Å². The number of nitrogens with two attached hydrogens (primary N) is 1. The Morgan fingerprint density at radius 2 is 1.93 bits per heavy atom. The number of carboxylic acid groups (broad SMARTS) is 1. The second-order valence-electron chi connectivity index (χ2n) is 6.01. The number of benzene rings is 2. The molecule has 0 bridgehead atoms. The number of nitrogens with one attached hydrogen (secondary N) is 1. The van der Waals surface area contributed by atoms with Crippen molar-refractivity contribution >= 4 is 33.4 Å². The van der Waals surface area contributed by atoms with Gasteiger partial charge in [-0.3, -0.25) is 14.4 Å². The van der Waals surface area contributed by atoms with Crippen molar-refractivity contribution in [2.24, 2.45) is 5.73 Å². The van der Waals surface area contributed by atoms with Crippen LogP contribution in [-0.2, 0) is 14.8 Å². The van der Waals surface area contributed by atoms with Crippen LogP contribution >= 0.6 is 0 Å². The topological polar surface area (TPSA) is 139 Å². The van der Waals surface area contributed by atoms with Crippen molar-refractivity contribution in [3.05, 3.63) is 48.3 Å². The van der Waals surface area contributed by atoms with Crippen LogP contribution < -0.4 is 20.1 Å². The highest BCUT2D eigenvalue weighted by atomic mass is 32.2. The molecule has 4 N–H and O–H groups in total. The second-order valence-corrected chi connectivity index (χ2v) is 7.88. The molecule has 1 atom stereocenters. The monoisotopic (exact) mass is 409 g/mol. The van der Waals surface area contributed by atoms with E-state index < -0.39 is 33.9 Å². The summed E-state index contributed by atoms with van der Waals surface area (Å²) in [6.07, 6.45) is -2.38. The van der Waals surface area contributed by atoms with Gasteiger partial charge in [-0.25, -0.2) is 17.6 Å². The van der Waals surface area contributed by atoms with Gasteiger partial charge < -0.3 is 15.6 Å². The smallest absolute Gasteiger partial charge is 0.409 e. The van der Waals surface area contributed by atoms with Crippen LogP contribution in [0.2, 0.25) is 0 Å². The predicted molar refractivity (Wildman–Crippen MR) is 97.2 cm³/mol. The molecule has 0 aromatic heterocycles. The zero-order valence-electron chi connectivity index (χ0n) is 14.3. The van der Waals surface area contributed by atoms with Crippen molar-refractivity contribution in [3.8, 4) is 5.75 Å². The van der Waals surface area contributed by atoms with Gasteiger partial charge in [0.15, 0.2) is 0 Å². The van der Waals surface area contributed by atoms with Crippen LogP contribution in [0.25, 0.3) is 0 Å². The number of sulfonamides is 1. The summed E-state index contributed by atoms with van der Waals surface area (Å²) in [5.41, 5.74) is 5.41. The van der Waals surface area contributed by atoms with Gasteiger partial charge in [0, 0.05) is 5.69 Å². The average molecular weight is 409 g/mol. The molecule has 28 heavy (non-hydrogen) atoms. The highest BCUT2D eigenvalue weighted by Crippen LogP contribution is 2.39. The van der Waals surface area contributed by atoms with Crippen molar-refractivity contribution in [2.45, 2.75) is 17.4 Å². The lowest BCUT2D eigenvalue weighted by atomic mass is 10.1. The van der Waals surface area contributed by atoms with Gasteiger partial charge in [0.1, 0.15) is 17.7 Å². The fourth-order valence-corrected chi connectivity index (χ4v) is 4.30. The Morgan fingerprint density at radius 1 is 1.25 bits per heavy atom. The molecule has 0 saturated heterocycles. The Morgan fingerprint density at radius 3 is 2.54 bits per heavy atom. The van der Waals surface area contributed by atoms with Crippen molar-refractivity contribution < 1.29 is 32.2 Å². The number of hydrogen-bond acceptors (Lipinski definition) is 5. The lowest BCUT2D eigenvalue weighted by molar-refractivity contribution is -0.119. The fraction of sp³-hybridized carbons (Fsp3) is 0.176. The zero-order valence-corrected chi connectivity index (χ0v) is 15.1. The average Bonchev–Trinajstić information content (AvgIpc) is 2.60. The number of carbonyl (C=O) groups is 2. The van der Waals surface area contributed by atoms with Gasteiger partial charge in [-0.05, 0) is 42.5 Å². The van der Waals surface area contributed by atoms with Crippen molar-refractivity contribution in [3.63, 3.8) is 0 Å². The standard InChI is InChI=1S/C17H16FN3O6S/c18-10-1-4-13(5-2-10)28(25,26)21-9-12(8-16(19)22)27-15-6-3-11(7-14(15)21)20-17(23)24/h1-7,12,20H,8-9H2,(H2,19,22)(H,23,24). The Bertz CT molecular complexity index is 1030. The van der Waals surface area contributed by atoms with E-state index in [1.54, 1.807) is 0 Å². The summed E-state index contributed by atoms with van der Waals surface area (Å²) < 4.78 is 46.1. The summed E-state index contributed by atoms with van der Waals surface area (Å²) in [7, 11) is -4.15. The van der Waals surface area contributed by atoms with Gasteiger partial charge in [-0.1, -0.05) is 0 Å². The Balaban J connectivity index is 2.08. The lowest BCUT2D eigenvalue weighted by Gasteiger charge is -2.35. The number of primary amides is 1. The van der Waals surface area contributed by atoms with Crippen LogP contribution in [0.3, 0.4) is 0 Å². The molecular weight excluding hydrogens is 393 g/mol. The lowest BCUT2D eigenvalue weighted by Crippen LogP contribution is -2.45. The quantitative estimate of drug-likeness (QED) is 0.687. The summed E-state index contributed by atoms with van der Waals surface area (Å²) in [6.45, 7) is -0.230. The highest BCUT2D eigenvalue weighted by Gasteiger charge is 2.35. The van der Waals surface area contributed by atoms with Gasteiger partial charge >= 0.3 is 6.09 Å². The summed E-state index contributed by atoms with van der Waals surface area (Å²) in [6, 6.07) is 8.33. The Hall–Kier alpha value is -3.34. The molecule has 3 rings (SSSR count). The van der Waals surface area contributed by atoms with Gasteiger partial charge in [0.05, 0.1) is 23.5 Å². The number of amides is 2. The number of rotatable bonds is 5. The number of anilines is 2. The molecule has 0 spiro atoms. The maximum absolute atomic E-state index is 13.2. The van der Waals surface area contributed by atoms with Gasteiger partial charge in [0.25, 0.3) is 10.0 Å². The van der Waals surface area contributed by atoms with Crippen LogP contribution in [0.15, 0.2) is 47.4 Å². The number of carbonyl (C=O) groups excluding carboxylic acids is 1. The second kappa shape index (κ2) is 7.35. The van der Waals surface area contributed by atoms with E-state index in [-0.39, 0.29) is 35.0 Å². The first-order chi connectivity index (χ1) is 13.2. The SMILES string of the molecule is NC(=O)CC1CN(S(=O)(=O)c2ccc(F)cc2)c2cc(NC(=O)O)ccc2O1. The van der Waals surface area contributed by atoms with E-state index in [4.69, 9.17) is 15.6 Å². The van der Waals surface area contributed by atoms with Crippen LogP contribution in [0, 0.1) is 5.82 Å². The van der Waals surface area contributed by atoms with E-state index in [1.165, 1.54) is 18.2 Å². The predicted octanol–water partition coefficient (Wildman–Crippen LogP) is 1.75. The minimum Gasteiger partial charge on any atom is -0.486 e. The Kier molecular flexibility index (Phi) is 5.10. The van der Waals surface area contributed by atoms with E-state index in [0.717, 1.165) is 28.6 Å². The largest absolute Gasteiger partial charge is 0.486 e. The molecule has 148 valence electrons. The molecule has 1 heterocycles. The molecule has 1 aliphatic rings. The number of fused-ring (bicyclic) bond motifs is 1. The third-order valence-electron chi connectivity index (χ3n) is 3.97. The molecule has 2 amide bonds. The molecule has 1 unspecified atom stereocenters. The summed E-state index contributed by atoms with van der Waals surface area (Å²) >= 11 is 0. The van der Waals surface area contributed by atoms with E-state index in [1.807, 2.05) is 0 Å². The molecule has 1 aliphatic heterocycles. The summed E-state index contributed by atoms with van der Waals surface area (Å²) in [5, 5.41) is 11.0. The molecule has 11 heteroatoms. The number of nitrogens with zero attached hydrogens (tertiary/aromatic N) is 1. The first-order valence-electron chi connectivity index (χ1n) is 8.04. The van der Waals surface area contributed by atoms with Crippen LogP contribution in [-0.4, -0.2) is 38.2 Å². The summed E-state index contributed by atoms with van der Waals surface area (Å²) in [4.78, 5) is 22.0. The maximum Gasteiger partial charge on any atom is 0.409 e. The van der Waals surface area contributed by atoms with Crippen molar-refractivity contribution in [1.82, 2.24) is 0 Å². The fourth-order valence-electron chi connectivity index (χ4n) is 2.81. The van der Waals surface area contributed by atoms with Gasteiger partial charge in [-0.15, -0.1) is 0 Å². The highest BCUT2D eigenvalue weighted by molar-refractivity contribution is 7.92. The van der Waals surface area contributed by atoms with E-state index in [2.05, 4.69) is 5.32 Å². The van der Waals surface area contributed by atoms with Crippen LogP contribution in [0.1, 0.15) is 6.42 Å². The molecule has 0 saturated carbocycles. The van der Waals surface area contributed by atoms with Crippen LogP contribution in [0.4, 0.5) is 20.6 Å². The normalized spacial score (nSPS) is 16.0. The Labute approximate surface area is 159 Å². The maximum atomic E-state index is 13.2. The molecule has 9 nitrogen and oxygen atoms in total. The van der Waals surface area contributed by atoms with E-state index in [0.29, 0.717) is 0 Å². The van der Waals surface area contributed by atoms with Crippen LogP contribution in [0.5, 0.6) is 5.75 Å². The number of halogens is 1. The first kappa shape index (κ1) is 19.4. The molecule has 0 radical (unpaired) electrons. The third-order valence-corrected chi connectivity index (χ3v) is 5.77. The molecule has 2 aromatic rings. The molecule has 2 aromatic carbocycles. The minimum absolute atomic E-state index is 0.0799. The molecule has 0 aliphatic carbocycles. The molecular formula is C17H16FN3O6S. The molecule has 0 fully saturated rings. The number of hydrogen-bond donors (Lipinski definition) is 3. The summed E-state index contributed by atoms with van der Waals surface area (Å²) in [5.74, 6) is -1.13. The van der Waals surface area contributed by atoms with Crippen molar-refractivity contribution in [1.29, 1.82) is 0 Å². The first-order valence-corrected chi connectivity index (χ1v) is 9.48. The minimum atomic E-state index is -4.15. The van der Waals surface area contributed by atoms with Gasteiger partial charge in [-0.2, -0.15) is 0 Å².